The second-order valence-electron chi connectivity index (χ2n) is 11.2. The van der Waals surface area contributed by atoms with Gasteiger partial charge in [-0.05, 0) is 72.1 Å². The summed E-state index contributed by atoms with van der Waals surface area (Å²) in [6.45, 7) is 12.1. The van der Waals surface area contributed by atoms with Crippen molar-refractivity contribution in [2.75, 3.05) is 13.2 Å². The van der Waals surface area contributed by atoms with Gasteiger partial charge >= 0.3 is 5.97 Å². The Morgan fingerprint density at radius 2 is 1.68 bits per heavy atom. The number of hydrazone groups is 1. The highest BCUT2D eigenvalue weighted by Gasteiger charge is 2.31. The quantitative estimate of drug-likeness (QED) is 0.287. The minimum atomic E-state index is -1.00. The van der Waals surface area contributed by atoms with E-state index < -0.39 is 12.3 Å². The number of carboxylic acid groups (broad SMARTS) is 1. The third-order valence-electron chi connectivity index (χ3n) is 7.26. The summed E-state index contributed by atoms with van der Waals surface area (Å²) >= 11 is 0. The molecule has 4 rings (SSSR count). The van der Waals surface area contributed by atoms with Crippen molar-refractivity contribution >= 4 is 11.8 Å². The molecular formula is C33H41N3O4. The fraction of sp³-hybridized carbons (Fsp3) is 0.394. The van der Waals surface area contributed by atoms with E-state index in [1.165, 1.54) is 11.1 Å². The molecule has 0 fully saturated rings. The molecule has 0 aromatic heterocycles. The Balaban J connectivity index is 1.41. The van der Waals surface area contributed by atoms with Gasteiger partial charge in [0.05, 0.1) is 13.2 Å². The molecule has 1 unspecified atom stereocenters. The predicted octanol–water partition coefficient (Wildman–Crippen LogP) is 6.50. The molecule has 7 nitrogen and oxygen atoms in total. The first-order valence-corrected chi connectivity index (χ1v) is 14.1. The topological polar surface area (TPSA) is 85.6 Å². The minimum absolute atomic E-state index is 0.102. The van der Waals surface area contributed by atoms with Crippen LogP contribution in [0.3, 0.4) is 0 Å². The van der Waals surface area contributed by atoms with Gasteiger partial charge in [-0.25, -0.2) is 9.80 Å². The second-order valence-corrected chi connectivity index (χ2v) is 11.2. The lowest BCUT2D eigenvalue weighted by atomic mass is 9.87. The second kappa shape index (κ2) is 12.6. The van der Waals surface area contributed by atoms with Gasteiger partial charge in [-0.2, -0.15) is 5.10 Å². The van der Waals surface area contributed by atoms with E-state index in [-0.39, 0.29) is 11.0 Å². The molecule has 0 radical (unpaired) electrons. The standard InChI is InChI=1S/C33H41N3O4/c1-6-35-30(34-36(32(35)39)22-24-14-17-27(18-15-24)33(3,4)5)13-9-11-23-10-8-12-25(20-23)26-16-19-29(40-7-2)28(21-26)31(37)38/h8,10,12,14-21,32,39H,6-7,9,11,13,22H2,1-5H3,(H,37,38). The summed E-state index contributed by atoms with van der Waals surface area (Å²) in [7, 11) is 0. The Bertz CT molecular complexity index is 1340. The molecule has 0 aliphatic carbocycles. The monoisotopic (exact) mass is 543 g/mol. The van der Waals surface area contributed by atoms with E-state index in [9.17, 15) is 15.0 Å². The molecule has 1 atom stereocenters. The Labute approximate surface area is 237 Å². The molecule has 7 heteroatoms. The highest BCUT2D eigenvalue weighted by atomic mass is 16.5. The number of hydrogen-bond acceptors (Lipinski definition) is 6. The van der Waals surface area contributed by atoms with E-state index in [0.717, 1.165) is 41.8 Å². The maximum absolute atomic E-state index is 11.7. The van der Waals surface area contributed by atoms with Gasteiger partial charge in [0.2, 0.25) is 6.35 Å². The van der Waals surface area contributed by atoms with Crippen LogP contribution in [0.2, 0.25) is 0 Å². The zero-order valence-electron chi connectivity index (χ0n) is 24.2. The van der Waals surface area contributed by atoms with Crippen LogP contribution < -0.4 is 4.74 Å². The Morgan fingerprint density at radius 3 is 2.33 bits per heavy atom. The van der Waals surface area contributed by atoms with Gasteiger partial charge in [-0.1, -0.05) is 75.4 Å². The van der Waals surface area contributed by atoms with E-state index in [2.05, 4.69) is 57.2 Å². The van der Waals surface area contributed by atoms with Crippen LogP contribution in [0.5, 0.6) is 5.75 Å². The van der Waals surface area contributed by atoms with Crippen molar-refractivity contribution in [3.63, 3.8) is 0 Å². The lowest BCUT2D eigenvalue weighted by molar-refractivity contribution is -0.0617. The van der Waals surface area contributed by atoms with Crippen LogP contribution in [0.4, 0.5) is 0 Å². The normalized spacial score (nSPS) is 15.3. The van der Waals surface area contributed by atoms with Gasteiger partial charge in [-0.3, -0.25) is 0 Å². The van der Waals surface area contributed by atoms with Gasteiger partial charge in [0.25, 0.3) is 0 Å². The lowest BCUT2D eigenvalue weighted by Crippen LogP contribution is -2.41. The van der Waals surface area contributed by atoms with Crippen molar-refractivity contribution in [2.45, 2.75) is 72.2 Å². The van der Waals surface area contributed by atoms with Crippen LogP contribution in [-0.2, 0) is 18.4 Å². The average Bonchev–Trinajstić information content (AvgIpc) is 3.22. The maximum atomic E-state index is 11.7. The molecule has 1 aliphatic heterocycles. The van der Waals surface area contributed by atoms with Crippen LogP contribution in [0, 0.1) is 0 Å². The van der Waals surface area contributed by atoms with Crippen molar-refractivity contribution < 1.29 is 19.7 Å². The number of benzene rings is 3. The fourth-order valence-electron chi connectivity index (χ4n) is 5.02. The Morgan fingerprint density at radius 1 is 0.950 bits per heavy atom. The van der Waals surface area contributed by atoms with Gasteiger partial charge in [-0.15, -0.1) is 0 Å². The summed E-state index contributed by atoms with van der Waals surface area (Å²) < 4.78 is 5.48. The van der Waals surface area contributed by atoms with Crippen molar-refractivity contribution in [1.29, 1.82) is 0 Å². The lowest BCUT2D eigenvalue weighted by Gasteiger charge is -2.26. The average molecular weight is 544 g/mol. The molecule has 0 bridgehead atoms. The highest BCUT2D eigenvalue weighted by Crippen LogP contribution is 2.29. The van der Waals surface area contributed by atoms with Crippen molar-refractivity contribution in [2.24, 2.45) is 5.10 Å². The molecular weight excluding hydrogens is 502 g/mol. The van der Waals surface area contributed by atoms with Gasteiger partial charge in [0, 0.05) is 13.0 Å². The zero-order chi connectivity index (χ0) is 28.9. The summed E-state index contributed by atoms with van der Waals surface area (Å²) in [6, 6.07) is 22.0. The molecule has 3 aromatic carbocycles. The molecule has 212 valence electrons. The van der Waals surface area contributed by atoms with Gasteiger partial charge in [0.15, 0.2) is 0 Å². The Kier molecular flexibility index (Phi) is 9.15. The summed E-state index contributed by atoms with van der Waals surface area (Å²) in [5.74, 6) is 0.276. The molecule has 3 aromatic rings. The highest BCUT2D eigenvalue weighted by molar-refractivity contribution is 5.92. The number of carboxylic acids is 1. The molecule has 0 saturated heterocycles. The minimum Gasteiger partial charge on any atom is -0.493 e. The number of aryl methyl sites for hydroxylation is 1. The van der Waals surface area contributed by atoms with Crippen LogP contribution in [0.25, 0.3) is 11.1 Å². The first-order valence-electron chi connectivity index (χ1n) is 14.1. The molecule has 0 saturated carbocycles. The van der Waals surface area contributed by atoms with Crippen LogP contribution >= 0.6 is 0 Å². The van der Waals surface area contributed by atoms with Crippen molar-refractivity contribution in [3.8, 4) is 16.9 Å². The number of carbonyl (C=O) groups is 1. The predicted molar refractivity (Wildman–Crippen MR) is 159 cm³/mol. The number of aromatic carboxylic acids is 1. The number of ether oxygens (including phenoxy) is 1. The summed E-state index contributed by atoms with van der Waals surface area (Å²) in [5, 5.41) is 27.1. The van der Waals surface area contributed by atoms with E-state index in [0.29, 0.717) is 25.4 Å². The van der Waals surface area contributed by atoms with Gasteiger partial charge < -0.3 is 19.8 Å². The molecule has 1 heterocycles. The van der Waals surface area contributed by atoms with E-state index in [1.54, 1.807) is 17.1 Å². The number of amidine groups is 1. The first kappa shape index (κ1) is 29.2. The van der Waals surface area contributed by atoms with Crippen molar-refractivity contribution in [1.82, 2.24) is 9.91 Å². The largest absolute Gasteiger partial charge is 0.493 e. The third kappa shape index (κ3) is 6.83. The van der Waals surface area contributed by atoms with Crippen molar-refractivity contribution in [3.05, 3.63) is 89.0 Å². The number of aliphatic hydroxyl groups is 1. The third-order valence-corrected chi connectivity index (χ3v) is 7.26. The molecule has 40 heavy (non-hydrogen) atoms. The summed E-state index contributed by atoms with van der Waals surface area (Å²) in [4.78, 5) is 13.7. The van der Waals surface area contributed by atoms with Gasteiger partial charge in [0.1, 0.15) is 17.1 Å². The molecule has 2 N–H and O–H groups in total. The van der Waals surface area contributed by atoms with Crippen LogP contribution in [0.1, 0.15) is 74.5 Å². The smallest absolute Gasteiger partial charge is 0.339 e. The number of rotatable bonds is 11. The molecule has 0 spiro atoms. The first-order chi connectivity index (χ1) is 19.1. The Hall–Kier alpha value is -3.84. The number of hydrogen-bond donors (Lipinski definition) is 2. The van der Waals surface area contributed by atoms with E-state index >= 15 is 0 Å². The fourth-order valence-corrected chi connectivity index (χ4v) is 5.02. The number of nitrogens with zero attached hydrogens (tertiary/aromatic N) is 3. The SMILES string of the molecule is CCOc1ccc(-c2cccc(CCCC3=NN(Cc4ccc(C(C)(C)C)cc4)C(O)N3CC)c2)cc1C(=O)O. The van der Waals surface area contributed by atoms with E-state index in [4.69, 9.17) is 9.84 Å². The van der Waals surface area contributed by atoms with Crippen LogP contribution in [0.15, 0.2) is 71.8 Å². The summed E-state index contributed by atoms with van der Waals surface area (Å²) in [5.41, 5.74) is 5.64. The maximum Gasteiger partial charge on any atom is 0.339 e. The molecule has 0 amide bonds. The zero-order valence-corrected chi connectivity index (χ0v) is 24.2. The van der Waals surface area contributed by atoms with E-state index in [1.807, 2.05) is 36.9 Å². The molecule has 1 aliphatic rings. The number of aliphatic hydroxyl groups excluding tert-OH is 1. The van der Waals surface area contributed by atoms with Crippen LogP contribution in [-0.4, -0.2) is 51.4 Å². The summed E-state index contributed by atoms with van der Waals surface area (Å²) in [6.07, 6.45) is 1.70.